The predicted octanol–water partition coefficient (Wildman–Crippen LogP) is -0.254. The average molecular weight is 203 g/mol. The zero-order chi connectivity index (χ0) is 10.7. The summed E-state index contributed by atoms with van der Waals surface area (Å²) in [7, 11) is 0. The number of hydrogen-bond donors (Lipinski definition) is 3. The SMILES string of the molecule is CCC(CO)(CO)NCC1(C)COC1. The second kappa shape index (κ2) is 4.57. The summed E-state index contributed by atoms with van der Waals surface area (Å²) < 4.78 is 5.14. The van der Waals surface area contributed by atoms with Crippen molar-refractivity contribution in [2.24, 2.45) is 5.41 Å². The molecule has 0 unspecified atom stereocenters. The van der Waals surface area contributed by atoms with Crippen LogP contribution in [-0.2, 0) is 4.74 Å². The smallest absolute Gasteiger partial charge is 0.0645 e. The maximum absolute atomic E-state index is 9.21. The molecule has 0 saturated carbocycles. The molecule has 1 fully saturated rings. The minimum Gasteiger partial charge on any atom is -0.394 e. The van der Waals surface area contributed by atoms with Crippen molar-refractivity contribution >= 4 is 0 Å². The molecule has 0 amide bonds. The molecular formula is C10H21NO3. The molecule has 14 heavy (non-hydrogen) atoms. The lowest BCUT2D eigenvalue weighted by atomic mass is 9.87. The van der Waals surface area contributed by atoms with E-state index in [2.05, 4.69) is 12.2 Å². The van der Waals surface area contributed by atoms with Crippen molar-refractivity contribution in [3.8, 4) is 0 Å². The maximum atomic E-state index is 9.21. The molecule has 1 heterocycles. The van der Waals surface area contributed by atoms with E-state index < -0.39 is 5.54 Å². The fourth-order valence-electron chi connectivity index (χ4n) is 1.46. The third kappa shape index (κ3) is 2.45. The Balaban J connectivity index is 2.39. The van der Waals surface area contributed by atoms with Crippen molar-refractivity contribution in [2.45, 2.75) is 25.8 Å². The monoisotopic (exact) mass is 203 g/mol. The fourth-order valence-corrected chi connectivity index (χ4v) is 1.46. The molecule has 1 aliphatic rings. The van der Waals surface area contributed by atoms with Gasteiger partial charge in [-0.3, -0.25) is 0 Å². The van der Waals surface area contributed by atoms with Crippen LogP contribution >= 0.6 is 0 Å². The van der Waals surface area contributed by atoms with Crippen molar-refractivity contribution in [3.63, 3.8) is 0 Å². The largest absolute Gasteiger partial charge is 0.394 e. The number of ether oxygens (including phenoxy) is 1. The first-order valence-corrected chi connectivity index (χ1v) is 5.14. The summed E-state index contributed by atoms with van der Waals surface area (Å²) in [6, 6.07) is 0. The second-order valence-electron chi connectivity index (χ2n) is 4.61. The van der Waals surface area contributed by atoms with E-state index in [0.29, 0.717) is 0 Å². The summed E-state index contributed by atoms with van der Waals surface area (Å²) >= 11 is 0. The molecule has 0 radical (unpaired) electrons. The van der Waals surface area contributed by atoms with Crippen LogP contribution in [0.4, 0.5) is 0 Å². The third-order valence-corrected chi connectivity index (χ3v) is 3.07. The lowest BCUT2D eigenvalue weighted by Crippen LogP contribution is -2.57. The molecule has 4 heteroatoms. The van der Waals surface area contributed by atoms with Crippen molar-refractivity contribution in [2.75, 3.05) is 33.0 Å². The van der Waals surface area contributed by atoms with Gasteiger partial charge in [0.1, 0.15) is 0 Å². The highest BCUT2D eigenvalue weighted by atomic mass is 16.5. The minimum absolute atomic E-state index is 0.0308. The summed E-state index contributed by atoms with van der Waals surface area (Å²) in [5, 5.41) is 21.7. The number of rotatable bonds is 6. The highest BCUT2D eigenvalue weighted by molar-refractivity contribution is 4.91. The Morgan fingerprint density at radius 3 is 2.21 bits per heavy atom. The van der Waals surface area contributed by atoms with E-state index in [4.69, 9.17) is 4.74 Å². The Kier molecular flexibility index (Phi) is 3.89. The van der Waals surface area contributed by atoms with Gasteiger partial charge in [-0.15, -0.1) is 0 Å². The highest BCUT2D eigenvalue weighted by Crippen LogP contribution is 2.26. The van der Waals surface area contributed by atoms with E-state index in [1.165, 1.54) is 0 Å². The summed E-state index contributed by atoms with van der Waals surface area (Å²) in [4.78, 5) is 0. The van der Waals surface area contributed by atoms with Crippen LogP contribution in [0, 0.1) is 5.41 Å². The van der Waals surface area contributed by atoms with Crippen LogP contribution in [-0.4, -0.2) is 48.7 Å². The maximum Gasteiger partial charge on any atom is 0.0645 e. The van der Waals surface area contributed by atoms with E-state index in [1.807, 2.05) is 6.92 Å². The molecule has 1 saturated heterocycles. The molecule has 0 aromatic rings. The molecule has 4 nitrogen and oxygen atoms in total. The van der Waals surface area contributed by atoms with E-state index in [0.717, 1.165) is 26.2 Å². The van der Waals surface area contributed by atoms with Gasteiger partial charge in [0.2, 0.25) is 0 Å². The molecule has 0 atom stereocenters. The van der Waals surface area contributed by atoms with Crippen LogP contribution in [0.15, 0.2) is 0 Å². The Bertz CT molecular complexity index is 168. The first kappa shape index (κ1) is 11.9. The standard InChI is InChI=1S/C10H21NO3/c1-3-10(5-12,6-13)11-4-9(2)7-14-8-9/h11-13H,3-8H2,1-2H3. The first-order valence-electron chi connectivity index (χ1n) is 5.14. The zero-order valence-corrected chi connectivity index (χ0v) is 9.05. The quantitative estimate of drug-likeness (QED) is 0.557. The van der Waals surface area contributed by atoms with E-state index >= 15 is 0 Å². The van der Waals surface area contributed by atoms with Crippen LogP contribution in [0.5, 0.6) is 0 Å². The van der Waals surface area contributed by atoms with Gasteiger partial charge >= 0.3 is 0 Å². The zero-order valence-electron chi connectivity index (χ0n) is 9.05. The van der Waals surface area contributed by atoms with Gasteiger partial charge in [0.05, 0.1) is 32.0 Å². The summed E-state index contributed by atoms with van der Waals surface area (Å²) in [5.41, 5.74) is -0.358. The molecule has 0 aliphatic carbocycles. The van der Waals surface area contributed by atoms with Gasteiger partial charge in [0.15, 0.2) is 0 Å². The van der Waals surface area contributed by atoms with Crippen LogP contribution in [0.2, 0.25) is 0 Å². The molecule has 1 aliphatic heterocycles. The van der Waals surface area contributed by atoms with Gasteiger partial charge in [-0.1, -0.05) is 13.8 Å². The summed E-state index contributed by atoms with van der Waals surface area (Å²) in [6.07, 6.45) is 0.719. The molecule has 0 spiro atoms. The Morgan fingerprint density at radius 1 is 1.36 bits per heavy atom. The van der Waals surface area contributed by atoms with Crippen molar-refractivity contribution in [1.82, 2.24) is 5.32 Å². The van der Waals surface area contributed by atoms with Gasteiger partial charge in [0, 0.05) is 12.0 Å². The lowest BCUT2D eigenvalue weighted by molar-refractivity contribution is -0.104. The minimum atomic E-state index is -0.529. The Hall–Kier alpha value is -0.160. The number of aliphatic hydroxyl groups excluding tert-OH is 2. The van der Waals surface area contributed by atoms with Gasteiger partial charge in [-0.05, 0) is 6.42 Å². The molecule has 0 aromatic heterocycles. The van der Waals surface area contributed by atoms with Crippen molar-refractivity contribution in [3.05, 3.63) is 0 Å². The highest BCUT2D eigenvalue weighted by Gasteiger charge is 2.36. The predicted molar refractivity (Wildman–Crippen MR) is 54.1 cm³/mol. The third-order valence-electron chi connectivity index (χ3n) is 3.07. The first-order chi connectivity index (χ1) is 6.60. The Labute approximate surface area is 85.3 Å². The molecule has 84 valence electrons. The molecule has 0 bridgehead atoms. The Morgan fingerprint density at radius 2 is 1.93 bits per heavy atom. The molecule has 1 rings (SSSR count). The fraction of sp³-hybridized carbons (Fsp3) is 1.00. The topological polar surface area (TPSA) is 61.7 Å². The average Bonchev–Trinajstić information content (AvgIpc) is 2.18. The van der Waals surface area contributed by atoms with Crippen molar-refractivity contribution < 1.29 is 14.9 Å². The molecule has 3 N–H and O–H groups in total. The number of nitrogens with one attached hydrogen (secondary N) is 1. The second-order valence-corrected chi connectivity index (χ2v) is 4.61. The van der Waals surface area contributed by atoms with E-state index in [1.54, 1.807) is 0 Å². The van der Waals surface area contributed by atoms with Gasteiger partial charge in [-0.25, -0.2) is 0 Å². The number of hydrogen-bond acceptors (Lipinski definition) is 4. The number of aliphatic hydroxyl groups is 2. The molecule has 0 aromatic carbocycles. The van der Waals surface area contributed by atoms with E-state index in [9.17, 15) is 10.2 Å². The van der Waals surface area contributed by atoms with Gasteiger partial charge in [-0.2, -0.15) is 0 Å². The summed E-state index contributed by atoms with van der Waals surface area (Å²) in [6.45, 7) is 6.33. The van der Waals surface area contributed by atoms with Gasteiger partial charge in [0.25, 0.3) is 0 Å². The van der Waals surface area contributed by atoms with Crippen LogP contribution < -0.4 is 5.32 Å². The van der Waals surface area contributed by atoms with E-state index in [-0.39, 0.29) is 18.6 Å². The van der Waals surface area contributed by atoms with Crippen LogP contribution in [0.25, 0.3) is 0 Å². The normalized spacial score (nSPS) is 20.6. The van der Waals surface area contributed by atoms with Crippen LogP contribution in [0.1, 0.15) is 20.3 Å². The van der Waals surface area contributed by atoms with Crippen molar-refractivity contribution in [1.29, 1.82) is 0 Å². The molecular weight excluding hydrogens is 182 g/mol. The van der Waals surface area contributed by atoms with Gasteiger partial charge < -0.3 is 20.3 Å². The summed E-state index contributed by atoms with van der Waals surface area (Å²) in [5.74, 6) is 0. The lowest BCUT2D eigenvalue weighted by Gasteiger charge is -2.41. The van der Waals surface area contributed by atoms with Crippen LogP contribution in [0.3, 0.4) is 0 Å².